The molecule has 0 amide bonds. The monoisotopic (exact) mass is 485 g/mol. The zero-order valence-electron chi connectivity index (χ0n) is 14.4. The third-order valence-corrected chi connectivity index (χ3v) is 4.67. The van der Waals surface area contributed by atoms with E-state index in [-0.39, 0.29) is 0 Å². The molecule has 2 aromatic rings. The number of rotatable bonds is 5. The summed E-state index contributed by atoms with van der Waals surface area (Å²) < 4.78 is 0.886. The summed E-state index contributed by atoms with van der Waals surface area (Å²) in [5.74, 6) is 1.85. The van der Waals surface area contributed by atoms with Gasteiger partial charge in [-0.2, -0.15) is 0 Å². The molecule has 0 bridgehead atoms. The Bertz CT molecular complexity index is 945. The van der Waals surface area contributed by atoms with Crippen molar-refractivity contribution in [3.05, 3.63) is 98.7 Å². The first-order chi connectivity index (χ1) is 13.2. The van der Waals surface area contributed by atoms with E-state index in [4.69, 9.17) is 4.99 Å². The lowest BCUT2D eigenvalue weighted by Crippen LogP contribution is -2.39. The van der Waals surface area contributed by atoms with Crippen LogP contribution < -0.4 is 10.7 Å². The number of nitrogens with zero attached hydrogens (tertiary/aromatic N) is 3. The first kappa shape index (κ1) is 18.2. The Morgan fingerprint density at radius 2 is 2.04 bits per heavy atom. The molecule has 2 aliphatic rings. The quantitative estimate of drug-likeness (QED) is 0.665. The zero-order valence-corrected chi connectivity index (χ0v) is 17.5. The molecule has 1 aromatic heterocycles. The minimum atomic E-state index is 0.681. The van der Waals surface area contributed by atoms with Crippen LogP contribution in [0.2, 0.25) is 0 Å². The average Bonchev–Trinajstić information content (AvgIpc) is 3.10. The van der Waals surface area contributed by atoms with Crippen LogP contribution in [0.15, 0.2) is 92.6 Å². The van der Waals surface area contributed by atoms with Crippen molar-refractivity contribution in [2.24, 2.45) is 4.99 Å². The van der Waals surface area contributed by atoms with Crippen molar-refractivity contribution in [2.45, 2.75) is 6.54 Å². The maximum Gasteiger partial charge on any atom is 0.154 e. The molecule has 0 saturated carbocycles. The number of fused-ring (bicyclic) bond motifs is 1. The van der Waals surface area contributed by atoms with E-state index in [2.05, 4.69) is 71.9 Å². The fraction of sp³-hybridized carbons (Fsp3) is 0.100. The Kier molecular flexibility index (Phi) is 5.52. The molecule has 3 heterocycles. The number of aromatic nitrogens is 1. The predicted octanol–water partition coefficient (Wildman–Crippen LogP) is 4.18. The summed E-state index contributed by atoms with van der Waals surface area (Å²) in [4.78, 5) is 9.08. The molecule has 0 unspecified atom stereocenters. The van der Waals surface area contributed by atoms with Crippen LogP contribution in [0.5, 0.6) is 0 Å². The van der Waals surface area contributed by atoms with Crippen molar-refractivity contribution in [1.29, 1.82) is 0 Å². The summed E-state index contributed by atoms with van der Waals surface area (Å²) in [5, 5.41) is 5.51. The minimum absolute atomic E-state index is 0.681. The second-order valence-electron chi connectivity index (χ2n) is 6.06. The van der Waals surface area contributed by atoms with Crippen molar-refractivity contribution in [1.82, 2.24) is 20.7 Å². The Hall–Kier alpha value is -2.22. The van der Waals surface area contributed by atoms with Crippen LogP contribution in [-0.2, 0) is 6.54 Å². The zero-order chi connectivity index (χ0) is 18.6. The summed E-state index contributed by atoms with van der Waals surface area (Å²) >= 11 is 6.90. The molecule has 2 aliphatic heterocycles. The number of hydrogen-bond acceptors (Lipinski definition) is 5. The molecule has 4 rings (SSSR count). The number of hydrazine groups is 1. The highest BCUT2D eigenvalue weighted by molar-refractivity contribution is 9.28. The molecule has 27 heavy (non-hydrogen) atoms. The van der Waals surface area contributed by atoms with Gasteiger partial charge in [0.2, 0.25) is 0 Å². The third-order valence-electron chi connectivity index (χ3n) is 4.22. The van der Waals surface area contributed by atoms with Gasteiger partial charge < -0.3 is 5.32 Å². The highest BCUT2D eigenvalue weighted by Gasteiger charge is 2.28. The molecular formula is C20H17Br2N5. The topological polar surface area (TPSA) is 52.6 Å². The van der Waals surface area contributed by atoms with Gasteiger partial charge in [-0.3, -0.25) is 4.98 Å². The molecule has 2 N–H and O–H groups in total. The van der Waals surface area contributed by atoms with E-state index in [1.165, 1.54) is 0 Å². The second-order valence-corrected chi connectivity index (χ2v) is 8.83. The molecule has 7 heteroatoms. The average molecular weight is 487 g/mol. The van der Waals surface area contributed by atoms with Gasteiger partial charge in [-0.05, 0) is 49.6 Å². The van der Waals surface area contributed by atoms with Gasteiger partial charge in [0.25, 0.3) is 0 Å². The third kappa shape index (κ3) is 4.21. The summed E-state index contributed by atoms with van der Waals surface area (Å²) in [6.07, 6.45) is 7.74. The Labute approximate surface area is 174 Å². The number of halogens is 2. The summed E-state index contributed by atoms with van der Waals surface area (Å²) in [7, 11) is 0. The number of aliphatic imine (C=N–C) groups is 1. The molecule has 0 saturated heterocycles. The highest BCUT2D eigenvalue weighted by atomic mass is 79.9. The molecule has 136 valence electrons. The van der Waals surface area contributed by atoms with Gasteiger partial charge in [0.05, 0.1) is 9.10 Å². The Morgan fingerprint density at radius 3 is 2.78 bits per heavy atom. The van der Waals surface area contributed by atoms with Crippen LogP contribution in [-0.4, -0.2) is 22.2 Å². The number of hydrogen-bond donors (Lipinski definition) is 2. The number of nitrogens with one attached hydrogen (secondary N) is 2. The first-order valence-electron chi connectivity index (χ1n) is 8.49. The summed E-state index contributed by atoms with van der Waals surface area (Å²) in [6.45, 7) is 1.38. The largest absolute Gasteiger partial charge is 0.366 e. The molecule has 0 atom stereocenters. The standard InChI is InChI=1S/C20H17Br2N5/c21-18(22)9-16-13-25-27-19(24-12-14-5-4-8-23-11-14)10-17(26-20(16)27)15-6-2-1-3-7-15/h1-11,24-25H,12-13H2. The smallest absolute Gasteiger partial charge is 0.154 e. The van der Waals surface area contributed by atoms with Crippen LogP contribution in [0, 0.1) is 0 Å². The molecule has 1 aromatic carbocycles. The molecule has 0 fully saturated rings. The van der Waals surface area contributed by atoms with E-state index in [0.29, 0.717) is 13.1 Å². The van der Waals surface area contributed by atoms with Crippen LogP contribution in [0.3, 0.4) is 0 Å². The van der Waals surface area contributed by atoms with Crippen molar-refractivity contribution >= 4 is 37.6 Å². The van der Waals surface area contributed by atoms with E-state index in [0.717, 1.165) is 37.4 Å². The maximum atomic E-state index is 4.90. The minimum Gasteiger partial charge on any atom is -0.366 e. The first-order valence-corrected chi connectivity index (χ1v) is 10.1. The van der Waals surface area contributed by atoms with Gasteiger partial charge in [0.15, 0.2) is 5.82 Å². The van der Waals surface area contributed by atoms with Gasteiger partial charge in [0, 0.05) is 42.7 Å². The van der Waals surface area contributed by atoms with Gasteiger partial charge in [-0.15, -0.1) is 0 Å². The fourth-order valence-corrected chi connectivity index (χ4v) is 3.51. The van der Waals surface area contributed by atoms with Crippen molar-refractivity contribution < 1.29 is 0 Å². The lowest BCUT2D eigenvalue weighted by Gasteiger charge is -2.28. The van der Waals surface area contributed by atoms with E-state index in [1.807, 2.05) is 41.5 Å². The van der Waals surface area contributed by atoms with Crippen LogP contribution in [0.4, 0.5) is 0 Å². The molecule has 0 radical (unpaired) electrons. The lowest BCUT2D eigenvalue weighted by atomic mass is 10.1. The van der Waals surface area contributed by atoms with E-state index >= 15 is 0 Å². The van der Waals surface area contributed by atoms with Gasteiger partial charge >= 0.3 is 0 Å². The van der Waals surface area contributed by atoms with Gasteiger partial charge in [0.1, 0.15) is 5.82 Å². The predicted molar refractivity (Wildman–Crippen MR) is 115 cm³/mol. The van der Waals surface area contributed by atoms with E-state index in [9.17, 15) is 0 Å². The number of allylic oxidation sites excluding steroid dienone is 1. The molecule has 0 aliphatic carbocycles. The number of benzene rings is 1. The molecular weight excluding hydrogens is 470 g/mol. The van der Waals surface area contributed by atoms with E-state index in [1.54, 1.807) is 6.20 Å². The Balaban J connectivity index is 1.69. The van der Waals surface area contributed by atoms with Crippen LogP contribution in [0.25, 0.3) is 0 Å². The fourth-order valence-electron chi connectivity index (χ4n) is 2.95. The van der Waals surface area contributed by atoms with Crippen molar-refractivity contribution in [3.63, 3.8) is 0 Å². The maximum absolute atomic E-state index is 4.90. The molecule has 0 spiro atoms. The van der Waals surface area contributed by atoms with Crippen LogP contribution >= 0.6 is 31.9 Å². The normalized spacial score (nSPS) is 15.9. The Morgan fingerprint density at radius 1 is 1.19 bits per heavy atom. The van der Waals surface area contributed by atoms with Gasteiger partial charge in [-0.1, -0.05) is 36.4 Å². The van der Waals surface area contributed by atoms with Crippen molar-refractivity contribution in [3.8, 4) is 0 Å². The van der Waals surface area contributed by atoms with Crippen molar-refractivity contribution in [2.75, 3.05) is 6.54 Å². The summed E-state index contributed by atoms with van der Waals surface area (Å²) in [5.41, 5.74) is 7.62. The van der Waals surface area contributed by atoms with E-state index < -0.39 is 0 Å². The lowest BCUT2D eigenvalue weighted by molar-refractivity contribution is 0.322. The highest BCUT2D eigenvalue weighted by Crippen LogP contribution is 2.29. The summed E-state index contributed by atoms with van der Waals surface area (Å²) in [6, 6.07) is 14.2. The van der Waals surface area contributed by atoms with Crippen LogP contribution in [0.1, 0.15) is 11.1 Å². The SMILES string of the molecule is BrC(Br)=CC1=C2N=C(c3ccccc3)C=C(NCc3cccnc3)N2NC1. The van der Waals surface area contributed by atoms with Gasteiger partial charge in [-0.25, -0.2) is 15.4 Å². The molecule has 5 nitrogen and oxygen atoms in total. The number of pyridine rings is 1. The second kappa shape index (κ2) is 8.21.